The van der Waals surface area contributed by atoms with E-state index in [0.717, 1.165) is 41.6 Å². The quantitative estimate of drug-likeness (QED) is 0.636. The van der Waals surface area contributed by atoms with Gasteiger partial charge in [0.05, 0.1) is 12.0 Å². The van der Waals surface area contributed by atoms with Crippen molar-refractivity contribution in [2.45, 2.75) is 26.3 Å². The van der Waals surface area contributed by atoms with Gasteiger partial charge in [-0.25, -0.2) is 0 Å². The zero-order chi connectivity index (χ0) is 14.3. The molecule has 0 bridgehead atoms. The summed E-state index contributed by atoms with van der Waals surface area (Å²) in [5, 5.41) is 11.9. The maximum Gasteiger partial charge on any atom is 0.243 e. The van der Waals surface area contributed by atoms with Crippen LogP contribution in [0.2, 0.25) is 0 Å². The predicted molar refractivity (Wildman–Crippen MR) is 77.5 cm³/mol. The number of hydrogen-bond donors (Lipinski definition) is 0. The van der Waals surface area contributed by atoms with E-state index in [9.17, 15) is 10.1 Å². The number of methoxy groups -OCH3 is 1. The Morgan fingerprint density at radius 1 is 1.50 bits per heavy atom. The summed E-state index contributed by atoms with van der Waals surface area (Å²) in [6.45, 7) is 2.51. The van der Waals surface area contributed by atoms with Crippen molar-refractivity contribution in [2.24, 2.45) is 0 Å². The summed E-state index contributed by atoms with van der Waals surface area (Å²) in [4.78, 5) is 10.5. The normalized spacial score (nSPS) is 14.6. The lowest BCUT2D eigenvalue weighted by Crippen LogP contribution is -1.94. The Balaban J connectivity index is 2.28. The van der Waals surface area contributed by atoms with Gasteiger partial charge in [0, 0.05) is 41.7 Å². The van der Waals surface area contributed by atoms with Crippen molar-refractivity contribution in [2.75, 3.05) is 7.11 Å². The Hall–Kier alpha value is -2.30. The van der Waals surface area contributed by atoms with Crippen LogP contribution in [0.15, 0.2) is 23.9 Å². The Morgan fingerprint density at radius 3 is 3.00 bits per heavy atom. The van der Waals surface area contributed by atoms with E-state index in [1.807, 2.05) is 18.2 Å². The Morgan fingerprint density at radius 2 is 2.30 bits per heavy atom. The summed E-state index contributed by atoms with van der Waals surface area (Å²) < 4.78 is 7.52. The second-order valence-electron chi connectivity index (χ2n) is 5.04. The van der Waals surface area contributed by atoms with Crippen molar-refractivity contribution >= 4 is 17.0 Å². The molecular formula is C15H16N2O3. The van der Waals surface area contributed by atoms with Crippen LogP contribution < -0.4 is 4.74 Å². The number of allylic oxidation sites excluding steroid dienone is 1. The van der Waals surface area contributed by atoms with Crippen LogP contribution in [0.25, 0.3) is 17.0 Å². The van der Waals surface area contributed by atoms with Gasteiger partial charge in [-0.1, -0.05) is 0 Å². The average molecular weight is 272 g/mol. The van der Waals surface area contributed by atoms with Crippen LogP contribution in [0.4, 0.5) is 0 Å². The monoisotopic (exact) mass is 272 g/mol. The highest BCUT2D eigenvalue weighted by Gasteiger charge is 2.21. The van der Waals surface area contributed by atoms with Crippen LogP contribution in [-0.4, -0.2) is 16.6 Å². The van der Waals surface area contributed by atoms with Crippen molar-refractivity contribution in [1.29, 1.82) is 0 Å². The van der Waals surface area contributed by atoms with Crippen molar-refractivity contribution in [3.8, 4) is 5.75 Å². The van der Waals surface area contributed by atoms with Crippen LogP contribution in [0, 0.1) is 10.1 Å². The van der Waals surface area contributed by atoms with Gasteiger partial charge in [0.1, 0.15) is 5.75 Å². The first-order chi connectivity index (χ1) is 9.61. The van der Waals surface area contributed by atoms with E-state index in [-0.39, 0.29) is 10.6 Å². The van der Waals surface area contributed by atoms with Crippen molar-refractivity contribution in [3.05, 3.63) is 45.3 Å². The fourth-order valence-electron chi connectivity index (χ4n) is 2.89. The zero-order valence-corrected chi connectivity index (χ0v) is 11.5. The van der Waals surface area contributed by atoms with Crippen molar-refractivity contribution in [1.82, 2.24) is 4.57 Å². The average Bonchev–Trinajstić information content (AvgIpc) is 3.01. The molecule has 104 valence electrons. The van der Waals surface area contributed by atoms with Crippen LogP contribution >= 0.6 is 0 Å². The van der Waals surface area contributed by atoms with E-state index in [2.05, 4.69) is 4.57 Å². The molecule has 1 aliphatic heterocycles. The Kier molecular flexibility index (Phi) is 2.97. The van der Waals surface area contributed by atoms with Crippen molar-refractivity contribution in [3.63, 3.8) is 0 Å². The number of nitrogens with zero attached hydrogens (tertiary/aromatic N) is 2. The van der Waals surface area contributed by atoms with Crippen LogP contribution in [-0.2, 0) is 13.0 Å². The summed E-state index contributed by atoms with van der Waals surface area (Å²) >= 11 is 0. The Bertz CT molecular complexity index is 728. The number of fused-ring (bicyclic) bond motifs is 3. The molecule has 2 heterocycles. The highest BCUT2D eigenvalue weighted by Crippen LogP contribution is 2.35. The Labute approximate surface area is 116 Å². The molecule has 3 rings (SSSR count). The third-order valence-corrected chi connectivity index (χ3v) is 3.86. The van der Waals surface area contributed by atoms with Crippen LogP contribution in [0.3, 0.4) is 0 Å². The molecule has 0 N–H and O–H groups in total. The maximum absolute atomic E-state index is 10.9. The summed E-state index contributed by atoms with van der Waals surface area (Å²) in [6, 6.07) is 5.92. The van der Waals surface area contributed by atoms with Gasteiger partial charge in [0.2, 0.25) is 5.70 Å². The molecule has 0 aliphatic carbocycles. The number of nitro groups is 1. The number of benzene rings is 1. The predicted octanol–water partition coefficient (Wildman–Crippen LogP) is 3.23. The van der Waals surface area contributed by atoms with E-state index >= 15 is 0 Å². The maximum atomic E-state index is 10.9. The third kappa shape index (κ3) is 1.86. The number of aryl methyl sites for hydroxylation is 1. The summed E-state index contributed by atoms with van der Waals surface area (Å²) in [6.07, 6.45) is 3.74. The molecule has 5 heteroatoms. The van der Waals surface area contributed by atoms with Crippen molar-refractivity contribution < 1.29 is 9.66 Å². The molecule has 1 aliphatic rings. The first kappa shape index (κ1) is 12.7. The number of ether oxygens (including phenoxy) is 1. The summed E-state index contributed by atoms with van der Waals surface area (Å²) in [5.41, 5.74) is 3.44. The molecule has 0 spiro atoms. The fourth-order valence-corrected chi connectivity index (χ4v) is 2.89. The number of hydrogen-bond acceptors (Lipinski definition) is 3. The lowest BCUT2D eigenvalue weighted by Gasteiger charge is -2.02. The van der Waals surface area contributed by atoms with Crippen LogP contribution in [0.5, 0.6) is 5.75 Å². The van der Waals surface area contributed by atoms with E-state index in [4.69, 9.17) is 4.74 Å². The highest BCUT2D eigenvalue weighted by molar-refractivity contribution is 5.92. The van der Waals surface area contributed by atoms with Gasteiger partial charge >= 0.3 is 0 Å². The van der Waals surface area contributed by atoms with Gasteiger partial charge in [-0.2, -0.15) is 0 Å². The molecular weight excluding hydrogens is 256 g/mol. The number of rotatable bonds is 3. The molecule has 20 heavy (non-hydrogen) atoms. The molecule has 0 fully saturated rings. The minimum atomic E-state index is -0.342. The van der Waals surface area contributed by atoms with E-state index in [1.165, 1.54) is 12.6 Å². The fraction of sp³-hybridized carbons (Fsp3) is 0.333. The minimum absolute atomic E-state index is 0.162. The van der Waals surface area contributed by atoms with Gasteiger partial charge in [0.25, 0.3) is 0 Å². The number of aromatic nitrogens is 1. The van der Waals surface area contributed by atoms with E-state index in [0.29, 0.717) is 0 Å². The third-order valence-electron chi connectivity index (χ3n) is 3.86. The first-order valence-corrected chi connectivity index (χ1v) is 6.63. The van der Waals surface area contributed by atoms with Gasteiger partial charge in [0.15, 0.2) is 0 Å². The lowest BCUT2D eigenvalue weighted by molar-refractivity contribution is -0.422. The zero-order valence-electron chi connectivity index (χ0n) is 11.5. The lowest BCUT2D eigenvalue weighted by atomic mass is 10.1. The summed E-state index contributed by atoms with van der Waals surface area (Å²) in [7, 11) is 1.63. The van der Waals surface area contributed by atoms with Gasteiger partial charge in [-0.15, -0.1) is 0 Å². The molecule has 1 aromatic carbocycles. The first-order valence-electron chi connectivity index (χ1n) is 6.63. The molecule has 0 saturated heterocycles. The van der Waals surface area contributed by atoms with Gasteiger partial charge in [-0.05, 0) is 31.0 Å². The molecule has 1 aromatic heterocycles. The van der Waals surface area contributed by atoms with E-state index < -0.39 is 0 Å². The standard InChI is InChI=1S/C15H16N2O3/c1-10(17(18)19)8-12-13-9-11(20-2)5-6-15(13)16-7-3-4-14(12)16/h5-6,8-9H,3-4,7H2,1-2H3/b10-8+. The second kappa shape index (κ2) is 4.67. The smallest absolute Gasteiger partial charge is 0.243 e. The van der Waals surface area contributed by atoms with Crippen LogP contribution in [0.1, 0.15) is 24.6 Å². The molecule has 0 amide bonds. The minimum Gasteiger partial charge on any atom is -0.497 e. The highest BCUT2D eigenvalue weighted by atomic mass is 16.6. The molecule has 0 atom stereocenters. The van der Waals surface area contributed by atoms with Gasteiger partial charge in [-0.3, -0.25) is 10.1 Å². The largest absolute Gasteiger partial charge is 0.497 e. The molecule has 5 nitrogen and oxygen atoms in total. The topological polar surface area (TPSA) is 57.3 Å². The van der Waals surface area contributed by atoms with E-state index in [1.54, 1.807) is 13.2 Å². The molecule has 0 unspecified atom stereocenters. The van der Waals surface area contributed by atoms with Gasteiger partial charge < -0.3 is 9.30 Å². The summed E-state index contributed by atoms with van der Waals surface area (Å²) in [5.74, 6) is 0.773. The SMILES string of the molecule is COc1ccc2c(c1)c(/C=C(\C)[N+](=O)[O-])c1n2CCC1. The molecule has 2 aromatic rings. The molecule has 0 saturated carbocycles. The molecule has 0 radical (unpaired) electrons. The second-order valence-corrected chi connectivity index (χ2v) is 5.04.